The fourth-order valence-electron chi connectivity index (χ4n) is 1.91. The van der Waals surface area contributed by atoms with E-state index in [-0.39, 0.29) is 6.04 Å². The zero-order valence-corrected chi connectivity index (χ0v) is 14.8. The minimum atomic E-state index is 0.0760. The molecule has 3 rings (SSSR count). The van der Waals surface area contributed by atoms with E-state index >= 15 is 0 Å². The van der Waals surface area contributed by atoms with Crippen LogP contribution in [0.3, 0.4) is 0 Å². The van der Waals surface area contributed by atoms with Crippen molar-refractivity contribution in [2.24, 2.45) is 0 Å². The highest BCUT2D eigenvalue weighted by Crippen LogP contribution is 2.28. The molecule has 7 heteroatoms. The van der Waals surface area contributed by atoms with Crippen LogP contribution in [0.4, 0.5) is 0 Å². The van der Waals surface area contributed by atoms with Gasteiger partial charge in [-0.25, -0.2) is 0 Å². The maximum atomic E-state index is 5.79. The Bertz CT molecular complexity index is 707. The summed E-state index contributed by atoms with van der Waals surface area (Å²) in [5.41, 5.74) is 0. The second-order valence-corrected chi connectivity index (χ2v) is 7.60. The Labute approximate surface area is 139 Å². The van der Waals surface area contributed by atoms with Gasteiger partial charge in [-0.15, -0.1) is 32.9 Å². The molecular weight excluding hydrogens is 370 g/mol. The minimum Gasteiger partial charge on any atom is -0.418 e. The van der Waals surface area contributed by atoms with Crippen LogP contribution in [0.15, 0.2) is 37.8 Å². The third-order valence-electron chi connectivity index (χ3n) is 3.22. The lowest BCUT2D eigenvalue weighted by Gasteiger charge is -2.20. The van der Waals surface area contributed by atoms with Crippen LogP contribution in [-0.2, 0) is 6.54 Å². The quantitative estimate of drug-likeness (QED) is 0.633. The maximum absolute atomic E-state index is 5.79. The van der Waals surface area contributed by atoms with E-state index in [4.69, 9.17) is 4.42 Å². The Morgan fingerprint density at radius 1 is 1.38 bits per heavy atom. The van der Waals surface area contributed by atoms with Gasteiger partial charge in [-0.3, -0.25) is 4.90 Å². The standard InChI is InChI=1S/C14H14BrN3OS2/c1-9(18(2)7-11-6-10(15)8-21-11)13-16-17-14(19-13)12-4-3-5-20-12/h3-6,8-9H,7H2,1-2H3. The van der Waals surface area contributed by atoms with E-state index in [1.807, 2.05) is 17.5 Å². The summed E-state index contributed by atoms with van der Waals surface area (Å²) in [6, 6.07) is 6.18. The Morgan fingerprint density at radius 2 is 2.24 bits per heavy atom. The van der Waals surface area contributed by atoms with Crippen LogP contribution < -0.4 is 0 Å². The normalized spacial score (nSPS) is 13.0. The second-order valence-electron chi connectivity index (χ2n) is 4.75. The Balaban J connectivity index is 1.71. The van der Waals surface area contributed by atoms with Crippen molar-refractivity contribution < 1.29 is 4.42 Å². The van der Waals surface area contributed by atoms with Gasteiger partial charge in [0.1, 0.15) is 0 Å². The van der Waals surface area contributed by atoms with Crippen molar-refractivity contribution in [1.29, 1.82) is 0 Å². The molecule has 3 aromatic heterocycles. The van der Waals surface area contributed by atoms with Crippen LogP contribution >= 0.6 is 38.6 Å². The number of halogens is 1. The van der Waals surface area contributed by atoms with Crippen LogP contribution in [0.2, 0.25) is 0 Å². The van der Waals surface area contributed by atoms with Gasteiger partial charge in [0, 0.05) is 21.3 Å². The molecule has 0 saturated carbocycles. The van der Waals surface area contributed by atoms with E-state index < -0.39 is 0 Å². The van der Waals surface area contributed by atoms with Crippen molar-refractivity contribution in [2.45, 2.75) is 19.5 Å². The highest BCUT2D eigenvalue weighted by Gasteiger charge is 2.20. The van der Waals surface area contributed by atoms with Crippen molar-refractivity contribution >= 4 is 38.6 Å². The molecular formula is C14H14BrN3OS2. The van der Waals surface area contributed by atoms with Gasteiger partial charge in [0.15, 0.2) is 0 Å². The lowest BCUT2D eigenvalue weighted by molar-refractivity contribution is 0.219. The smallest absolute Gasteiger partial charge is 0.257 e. The lowest BCUT2D eigenvalue weighted by Crippen LogP contribution is -2.21. The molecule has 0 fully saturated rings. The summed E-state index contributed by atoms with van der Waals surface area (Å²) in [6.07, 6.45) is 0. The van der Waals surface area contributed by atoms with E-state index in [0.717, 1.165) is 15.9 Å². The molecule has 0 bridgehead atoms. The number of hydrogen-bond donors (Lipinski definition) is 0. The molecule has 0 amide bonds. The Hall–Kier alpha value is -1.02. The van der Waals surface area contributed by atoms with Crippen LogP contribution in [-0.4, -0.2) is 22.1 Å². The average Bonchev–Trinajstić information content (AvgIpc) is 3.18. The molecule has 0 saturated heterocycles. The molecule has 110 valence electrons. The topological polar surface area (TPSA) is 42.2 Å². The second kappa shape index (κ2) is 6.39. The van der Waals surface area contributed by atoms with E-state index in [2.05, 4.69) is 56.4 Å². The summed E-state index contributed by atoms with van der Waals surface area (Å²) >= 11 is 6.82. The first-order valence-corrected chi connectivity index (χ1v) is 8.99. The summed E-state index contributed by atoms with van der Waals surface area (Å²) in [7, 11) is 2.06. The fourth-order valence-corrected chi connectivity index (χ4v) is 4.07. The SMILES string of the molecule is CC(c1nnc(-c2cccs2)o1)N(C)Cc1cc(Br)cs1. The summed E-state index contributed by atoms with van der Waals surface area (Å²) in [6.45, 7) is 2.93. The first kappa shape index (κ1) is 14.9. The third kappa shape index (κ3) is 3.42. The van der Waals surface area contributed by atoms with Crippen molar-refractivity contribution in [3.05, 3.63) is 44.2 Å². The first-order valence-electron chi connectivity index (χ1n) is 6.44. The van der Waals surface area contributed by atoms with E-state index in [9.17, 15) is 0 Å². The zero-order chi connectivity index (χ0) is 14.8. The summed E-state index contributed by atoms with van der Waals surface area (Å²) in [5, 5.41) is 12.4. The first-order chi connectivity index (χ1) is 10.1. The van der Waals surface area contributed by atoms with Crippen LogP contribution in [0, 0.1) is 0 Å². The van der Waals surface area contributed by atoms with Crippen LogP contribution in [0.25, 0.3) is 10.8 Å². The van der Waals surface area contributed by atoms with E-state index in [0.29, 0.717) is 11.8 Å². The monoisotopic (exact) mass is 383 g/mol. The molecule has 3 heterocycles. The molecule has 0 aliphatic heterocycles. The number of nitrogens with zero attached hydrogens (tertiary/aromatic N) is 3. The number of thiophene rings is 2. The van der Waals surface area contributed by atoms with E-state index in [1.54, 1.807) is 22.7 Å². The molecule has 0 radical (unpaired) electrons. The average molecular weight is 384 g/mol. The molecule has 0 spiro atoms. The summed E-state index contributed by atoms with van der Waals surface area (Å²) in [5.74, 6) is 1.25. The summed E-state index contributed by atoms with van der Waals surface area (Å²) in [4.78, 5) is 4.50. The number of hydrogen-bond acceptors (Lipinski definition) is 6. The van der Waals surface area contributed by atoms with Crippen LogP contribution in [0.1, 0.15) is 23.7 Å². The lowest BCUT2D eigenvalue weighted by atomic mass is 10.3. The van der Waals surface area contributed by atoms with Gasteiger partial charge in [0.05, 0.1) is 10.9 Å². The van der Waals surface area contributed by atoms with Gasteiger partial charge in [0.25, 0.3) is 5.89 Å². The predicted octanol–water partition coefficient (Wildman–Crippen LogP) is 4.82. The molecule has 1 unspecified atom stereocenters. The Morgan fingerprint density at radius 3 is 2.90 bits per heavy atom. The van der Waals surface area contributed by atoms with Gasteiger partial charge in [-0.05, 0) is 47.4 Å². The highest BCUT2D eigenvalue weighted by molar-refractivity contribution is 9.10. The van der Waals surface area contributed by atoms with Gasteiger partial charge < -0.3 is 4.42 Å². The highest BCUT2D eigenvalue weighted by atomic mass is 79.9. The molecule has 21 heavy (non-hydrogen) atoms. The molecule has 4 nitrogen and oxygen atoms in total. The molecule has 0 aliphatic carbocycles. The van der Waals surface area contributed by atoms with Crippen molar-refractivity contribution in [1.82, 2.24) is 15.1 Å². The molecule has 0 N–H and O–H groups in total. The fraction of sp³-hybridized carbons (Fsp3) is 0.286. The molecule has 0 aliphatic rings. The maximum Gasteiger partial charge on any atom is 0.257 e. The number of rotatable bonds is 5. The number of aromatic nitrogens is 2. The zero-order valence-electron chi connectivity index (χ0n) is 11.6. The van der Waals surface area contributed by atoms with Gasteiger partial charge >= 0.3 is 0 Å². The molecule has 1 atom stereocenters. The van der Waals surface area contributed by atoms with Crippen molar-refractivity contribution in [3.63, 3.8) is 0 Å². The van der Waals surface area contributed by atoms with Crippen LogP contribution in [0.5, 0.6) is 0 Å². The van der Waals surface area contributed by atoms with Crippen molar-refractivity contribution in [2.75, 3.05) is 7.05 Å². The molecule has 0 aromatic carbocycles. The third-order valence-corrected chi connectivity index (χ3v) is 5.76. The Kier molecular flexibility index (Phi) is 4.54. The van der Waals surface area contributed by atoms with E-state index in [1.165, 1.54) is 4.88 Å². The van der Waals surface area contributed by atoms with Crippen molar-refractivity contribution in [3.8, 4) is 10.8 Å². The van der Waals surface area contributed by atoms with Gasteiger partial charge in [-0.2, -0.15) is 0 Å². The predicted molar refractivity (Wildman–Crippen MR) is 89.5 cm³/mol. The van der Waals surface area contributed by atoms with Gasteiger partial charge in [0.2, 0.25) is 5.89 Å². The van der Waals surface area contributed by atoms with Gasteiger partial charge in [-0.1, -0.05) is 6.07 Å². The molecule has 3 aromatic rings. The largest absolute Gasteiger partial charge is 0.418 e. The minimum absolute atomic E-state index is 0.0760. The summed E-state index contributed by atoms with van der Waals surface area (Å²) < 4.78 is 6.92.